The van der Waals surface area contributed by atoms with E-state index in [0.717, 1.165) is 23.7 Å². The summed E-state index contributed by atoms with van der Waals surface area (Å²) in [4.78, 5) is 19.4. The van der Waals surface area contributed by atoms with E-state index < -0.39 is 0 Å². The van der Waals surface area contributed by atoms with Gasteiger partial charge in [-0.3, -0.25) is 4.79 Å². The highest BCUT2D eigenvalue weighted by atomic mass is 35.5. The number of nitrogens with one attached hydrogen (secondary N) is 1. The second-order valence-corrected chi connectivity index (χ2v) is 6.69. The SMILES string of the molecule is Cn1ccnc1C1CNCCN1C(=O)C1=Cc2cc(Cl)ccc2OC1. The molecule has 1 amide bonds. The Bertz CT molecular complexity index is 845. The summed E-state index contributed by atoms with van der Waals surface area (Å²) in [6, 6.07) is 5.34. The molecule has 6 nitrogen and oxygen atoms in total. The van der Waals surface area contributed by atoms with Crippen LogP contribution in [0.5, 0.6) is 5.75 Å². The molecule has 0 aliphatic carbocycles. The van der Waals surface area contributed by atoms with Crippen molar-refractivity contribution in [2.75, 3.05) is 26.2 Å². The number of hydrogen-bond donors (Lipinski definition) is 1. The van der Waals surface area contributed by atoms with Gasteiger partial charge in [0, 0.05) is 49.7 Å². The van der Waals surface area contributed by atoms with Crippen molar-refractivity contribution in [1.29, 1.82) is 0 Å². The Morgan fingerprint density at radius 1 is 1.44 bits per heavy atom. The van der Waals surface area contributed by atoms with Crippen LogP contribution < -0.4 is 10.1 Å². The molecule has 0 bridgehead atoms. The van der Waals surface area contributed by atoms with Crippen LogP contribution >= 0.6 is 11.6 Å². The van der Waals surface area contributed by atoms with E-state index in [9.17, 15) is 4.79 Å². The molecule has 1 unspecified atom stereocenters. The highest BCUT2D eigenvalue weighted by Crippen LogP contribution is 2.31. The molecule has 4 rings (SSSR count). The zero-order valence-corrected chi connectivity index (χ0v) is 14.7. The molecule has 0 radical (unpaired) electrons. The lowest BCUT2D eigenvalue weighted by Crippen LogP contribution is -2.50. The van der Waals surface area contributed by atoms with Gasteiger partial charge in [0.25, 0.3) is 5.91 Å². The first-order valence-corrected chi connectivity index (χ1v) is 8.63. The number of rotatable bonds is 2. The van der Waals surface area contributed by atoms with Gasteiger partial charge in [-0.25, -0.2) is 4.98 Å². The minimum absolute atomic E-state index is 0.0138. The van der Waals surface area contributed by atoms with Crippen LogP contribution in [0.4, 0.5) is 0 Å². The van der Waals surface area contributed by atoms with E-state index in [1.165, 1.54) is 0 Å². The maximum absolute atomic E-state index is 13.1. The highest BCUT2D eigenvalue weighted by Gasteiger charge is 2.32. The van der Waals surface area contributed by atoms with Crippen LogP contribution in [-0.2, 0) is 11.8 Å². The first-order chi connectivity index (χ1) is 12.1. The number of nitrogens with zero attached hydrogens (tertiary/aromatic N) is 3. The average molecular weight is 359 g/mol. The standard InChI is InChI=1S/C18H19ClN4O2/c1-22-6-5-21-17(22)15-10-20-4-7-23(15)18(24)13-8-12-9-14(19)2-3-16(12)25-11-13/h2-3,5-6,8-9,15,20H,4,7,10-11H2,1H3. The molecule has 1 aromatic carbocycles. The van der Waals surface area contributed by atoms with Gasteiger partial charge in [0.05, 0.1) is 5.57 Å². The summed E-state index contributed by atoms with van der Waals surface area (Å²) in [5.74, 6) is 1.61. The number of fused-ring (bicyclic) bond motifs is 1. The zero-order valence-electron chi connectivity index (χ0n) is 13.9. The number of amides is 1. The smallest absolute Gasteiger partial charge is 0.253 e. The highest BCUT2D eigenvalue weighted by molar-refractivity contribution is 6.30. The number of benzene rings is 1. The monoisotopic (exact) mass is 358 g/mol. The molecule has 3 heterocycles. The van der Waals surface area contributed by atoms with Gasteiger partial charge in [0.15, 0.2) is 0 Å². The van der Waals surface area contributed by atoms with Crippen molar-refractivity contribution < 1.29 is 9.53 Å². The molecular formula is C18H19ClN4O2. The first kappa shape index (κ1) is 16.2. The summed E-state index contributed by atoms with van der Waals surface area (Å²) in [5.41, 5.74) is 1.47. The fraction of sp³-hybridized carbons (Fsp3) is 0.333. The van der Waals surface area contributed by atoms with Crippen LogP contribution in [-0.4, -0.2) is 46.6 Å². The molecule has 1 saturated heterocycles. The summed E-state index contributed by atoms with van der Waals surface area (Å²) < 4.78 is 7.70. The van der Waals surface area contributed by atoms with Crippen LogP contribution in [0.15, 0.2) is 36.2 Å². The average Bonchev–Trinajstić information content (AvgIpc) is 3.06. The molecule has 2 aliphatic heterocycles. The van der Waals surface area contributed by atoms with E-state index in [2.05, 4.69) is 10.3 Å². The van der Waals surface area contributed by atoms with Gasteiger partial charge in [-0.2, -0.15) is 0 Å². The Kier molecular flexibility index (Phi) is 4.23. The number of halogens is 1. The Balaban J connectivity index is 1.64. The third kappa shape index (κ3) is 3.03. The molecular weight excluding hydrogens is 340 g/mol. The molecule has 0 spiro atoms. The van der Waals surface area contributed by atoms with Crippen LogP contribution in [0.25, 0.3) is 6.08 Å². The predicted octanol–water partition coefficient (Wildman–Crippen LogP) is 2.02. The zero-order chi connectivity index (χ0) is 17.4. The molecule has 0 saturated carbocycles. The maximum Gasteiger partial charge on any atom is 0.253 e. The first-order valence-electron chi connectivity index (χ1n) is 8.25. The number of carbonyl (C=O) groups excluding carboxylic acids is 1. The lowest BCUT2D eigenvalue weighted by Gasteiger charge is -2.36. The molecule has 1 atom stereocenters. The fourth-order valence-electron chi connectivity index (χ4n) is 3.33. The number of carbonyl (C=O) groups is 1. The number of ether oxygens (including phenoxy) is 1. The summed E-state index contributed by atoms with van der Waals surface area (Å²) in [5, 5.41) is 3.97. The number of aryl methyl sites for hydroxylation is 1. The molecule has 1 N–H and O–H groups in total. The van der Waals surface area contributed by atoms with E-state index in [4.69, 9.17) is 16.3 Å². The van der Waals surface area contributed by atoms with Gasteiger partial charge >= 0.3 is 0 Å². The molecule has 2 aliphatic rings. The Labute approximate surface area is 151 Å². The minimum atomic E-state index is -0.0945. The van der Waals surface area contributed by atoms with Crippen molar-refractivity contribution >= 4 is 23.6 Å². The number of aromatic nitrogens is 2. The van der Waals surface area contributed by atoms with Gasteiger partial charge in [0.1, 0.15) is 24.2 Å². The molecule has 7 heteroatoms. The van der Waals surface area contributed by atoms with E-state index in [-0.39, 0.29) is 18.6 Å². The maximum atomic E-state index is 13.1. The fourth-order valence-corrected chi connectivity index (χ4v) is 3.51. The Morgan fingerprint density at radius 2 is 2.32 bits per heavy atom. The molecule has 130 valence electrons. The number of piperazine rings is 1. The van der Waals surface area contributed by atoms with Gasteiger partial charge in [-0.05, 0) is 24.3 Å². The van der Waals surface area contributed by atoms with Crippen molar-refractivity contribution in [1.82, 2.24) is 19.8 Å². The van der Waals surface area contributed by atoms with Crippen LogP contribution in [0.1, 0.15) is 17.4 Å². The van der Waals surface area contributed by atoms with Crippen molar-refractivity contribution in [3.8, 4) is 5.75 Å². The third-order valence-electron chi connectivity index (χ3n) is 4.62. The van der Waals surface area contributed by atoms with E-state index in [1.54, 1.807) is 12.3 Å². The molecule has 1 aromatic heterocycles. The van der Waals surface area contributed by atoms with Crippen molar-refractivity contribution in [3.05, 3.63) is 52.6 Å². The van der Waals surface area contributed by atoms with Crippen molar-refractivity contribution in [2.45, 2.75) is 6.04 Å². The Hall–Kier alpha value is -2.31. The third-order valence-corrected chi connectivity index (χ3v) is 4.86. The number of imidazole rings is 1. The Morgan fingerprint density at radius 3 is 3.12 bits per heavy atom. The summed E-state index contributed by atoms with van der Waals surface area (Å²) >= 11 is 6.06. The summed E-state index contributed by atoms with van der Waals surface area (Å²) in [7, 11) is 1.95. The van der Waals surface area contributed by atoms with Crippen LogP contribution in [0, 0.1) is 0 Å². The molecule has 1 fully saturated rings. The van der Waals surface area contributed by atoms with Crippen molar-refractivity contribution in [3.63, 3.8) is 0 Å². The van der Waals surface area contributed by atoms with Crippen LogP contribution in [0.2, 0.25) is 5.02 Å². The normalized spacial score (nSPS) is 19.8. The largest absolute Gasteiger partial charge is 0.488 e. The second-order valence-electron chi connectivity index (χ2n) is 6.26. The number of hydrogen-bond acceptors (Lipinski definition) is 4. The van der Waals surface area contributed by atoms with Gasteiger partial charge in [-0.15, -0.1) is 0 Å². The quantitative estimate of drug-likeness (QED) is 0.892. The lowest BCUT2D eigenvalue weighted by molar-refractivity contribution is -0.130. The molecule has 2 aromatic rings. The predicted molar refractivity (Wildman–Crippen MR) is 95.5 cm³/mol. The van der Waals surface area contributed by atoms with E-state index in [0.29, 0.717) is 23.7 Å². The van der Waals surface area contributed by atoms with E-state index in [1.807, 2.05) is 40.9 Å². The van der Waals surface area contributed by atoms with Gasteiger partial charge in [-0.1, -0.05) is 11.6 Å². The summed E-state index contributed by atoms with van der Waals surface area (Å²) in [6.45, 7) is 2.36. The summed E-state index contributed by atoms with van der Waals surface area (Å²) in [6.07, 6.45) is 5.53. The molecule has 25 heavy (non-hydrogen) atoms. The van der Waals surface area contributed by atoms with Crippen molar-refractivity contribution in [2.24, 2.45) is 7.05 Å². The lowest BCUT2D eigenvalue weighted by atomic mass is 10.0. The van der Waals surface area contributed by atoms with E-state index >= 15 is 0 Å². The second kappa shape index (κ2) is 6.54. The topological polar surface area (TPSA) is 59.4 Å². The van der Waals surface area contributed by atoms with Gasteiger partial charge in [0.2, 0.25) is 0 Å². The van der Waals surface area contributed by atoms with Gasteiger partial charge < -0.3 is 19.5 Å². The van der Waals surface area contributed by atoms with Crippen LogP contribution in [0.3, 0.4) is 0 Å². The minimum Gasteiger partial charge on any atom is -0.488 e.